The zero-order chi connectivity index (χ0) is 18.0. The second-order valence-corrected chi connectivity index (χ2v) is 7.66. The van der Waals surface area contributed by atoms with E-state index < -0.39 is 0 Å². The highest BCUT2D eigenvalue weighted by atomic mass is 32.1. The monoisotopic (exact) mass is 360 g/mol. The van der Waals surface area contributed by atoms with Crippen LogP contribution >= 0.6 is 11.3 Å². The number of hydrogen-bond acceptors (Lipinski definition) is 6. The molecule has 0 spiro atoms. The fraction of sp³-hybridized carbons (Fsp3) is 0.474. The summed E-state index contributed by atoms with van der Waals surface area (Å²) in [6, 6.07) is 5.50. The Kier molecular flexibility index (Phi) is 5.27. The molecule has 5 nitrogen and oxygen atoms in total. The number of benzene rings is 1. The molecule has 2 N–H and O–H groups in total. The predicted molar refractivity (Wildman–Crippen MR) is 99.8 cm³/mol. The maximum absolute atomic E-state index is 12.0. The van der Waals surface area contributed by atoms with Crippen LogP contribution < -0.4 is 5.32 Å². The van der Waals surface area contributed by atoms with E-state index in [9.17, 15) is 9.90 Å². The minimum absolute atomic E-state index is 0.0437. The number of carbonyl (C=O) groups is 1. The van der Waals surface area contributed by atoms with E-state index in [-0.39, 0.29) is 23.6 Å². The number of aryl methyl sites for hydroxylation is 1. The summed E-state index contributed by atoms with van der Waals surface area (Å²) >= 11 is 1.51. The van der Waals surface area contributed by atoms with Crippen molar-refractivity contribution in [2.45, 2.75) is 26.7 Å². The number of carbonyl (C=O) groups excluding carboxylic acids is 1. The van der Waals surface area contributed by atoms with Gasteiger partial charge in [0.25, 0.3) is 0 Å². The van der Waals surface area contributed by atoms with Gasteiger partial charge >= 0.3 is 5.97 Å². The summed E-state index contributed by atoms with van der Waals surface area (Å²) in [7, 11) is 1.46. The third-order valence-corrected chi connectivity index (χ3v) is 5.83. The van der Waals surface area contributed by atoms with Crippen LogP contribution in [-0.4, -0.2) is 29.7 Å². The Morgan fingerprint density at radius 2 is 2.24 bits per heavy atom. The lowest BCUT2D eigenvalue weighted by Gasteiger charge is -2.20. The number of anilines is 1. The Balaban J connectivity index is 1.68. The summed E-state index contributed by atoms with van der Waals surface area (Å²) in [5.41, 5.74) is 2.58. The lowest BCUT2D eigenvalue weighted by molar-refractivity contribution is -0.147. The molecule has 0 saturated heterocycles. The van der Waals surface area contributed by atoms with Crippen molar-refractivity contribution in [1.82, 2.24) is 4.98 Å². The number of rotatable bonds is 5. The fourth-order valence-corrected chi connectivity index (χ4v) is 4.36. The number of nitrogens with zero attached hydrogens (tertiary/aromatic N) is 1. The van der Waals surface area contributed by atoms with Crippen LogP contribution in [0, 0.1) is 24.7 Å². The molecule has 2 aromatic rings. The number of phenolic OH excluding ortho intramolecular Hbond substituents is 1. The molecule has 6 heteroatoms. The van der Waals surface area contributed by atoms with Gasteiger partial charge in [-0.05, 0) is 43.7 Å². The van der Waals surface area contributed by atoms with Crippen LogP contribution in [0.1, 0.15) is 25.3 Å². The van der Waals surface area contributed by atoms with E-state index in [0.29, 0.717) is 12.5 Å². The Bertz CT molecular complexity index is 759. The summed E-state index contributed by atoms with van der Waals surface area (Å²) in [5.74, 6) is 0.703. The molecule has 1 aromatic carbocycles. The molecule has 1 aromatic heterocycles. The van der Waals surface area contributed by atoms with Gasteiger partial charge in [-0.1, -0.05) is 18.6 Å². The molecule has 134 valence electrons. The first kappa shape index (κ1) is 17.7. The van der Waals surface area contributed by atoms with E-state index >= 15 is 0 Å². The highest BCUT2D eigenvalue weighted by molar-refractivity contribution is 7.14. The molecule has 3 atom stereocenters. The normalized spacial score (nSPS) is 22.8. The Hall–Kier alpha value is -2.08. The third kappa shape index (κ3) is 3.79. The van der Waals surface area contributed by atoms with Crippen molar-refractivity contribution in [1.29, 1.82) is 0 Å². The van der Waals surface area contributed by atoms with E-state index in [1.165, 1.54) is 18.4 Å². The number of aromatic nitrogens is 1. The third-order valence-electron chi connectivity index (χ3n) is 5.03. The number of esters is 1. The summed E-state index contributed by atoms with van der Waals surface area (Å²) in [5, 5.41) is 16.1. The van der Waals surface area contributed by atoms with E-state index in [0.717, 1.165) is 34.8 Å². The van der Waals surface area contributed by atoms with E-state index in [2.05, 4.69) is 17.2 Å². The van der Waals surface area contributed by atoms with Crippen LogP contribution in [0.3, 0.4) is 0 Å². The van der Waals surface area contributed by atoms with Gasteiger partial charge in [0.15, 0.2) is 5.13 Å². The first-order valence-corrected chi connectivity index (χ1v) is 9.44. The van der Waals surface area contributed by atoms with Crippen molar-refractivity contribution in [3.8, 4) is 17.0 Å². The van der Waals surface area contributed by atoms with Gasteiger partial charge in [-0.25, -0.2) is 4.98 Å². The molecular weight excluding hydrogens is 336 g/mol. The molecule has 0 bridgehead atoms. The molecule has 1 aliphatic carbocycles. The summed E-state index contributed by atoms with van der Waals surface area (Å²) in [4.78, 5) is 16.6. The number of methoxy groups -OCH3 is 1. The van der Waals surface area contributed by atoms with Crippen molar-refractivity contribution in [3.63, 3.8) is 0 Å². The zero-order valence-electron chi connectivity index (χ0n) is 14.8. The maximum atomic E-state index is 12.0. The Morgan fingerprint density at radius 3 is 3.00 bits per heavy atom. The molecule has 25 heavy (non-hydrogen) atoms. The molecule has 0 radical (unpaired) electrons. The summed E-state index contributed by atoms with van der Waals surface area (Å²) in [6.45, 7) is 4.81. The lowest BCUT2D eigenvalue weighted by atomic mass is 9.90. The molecule has 2 unspecified atom stereocenters. The van der Waals surface area contributed by atoms with E-state index in [4.69, 9.17) is 4.74 Å². The van der Waals surface area contributed by atoms with E-state index in [1.807, 2.05) is 24.4 Å². The van der Waals surface area contributed by atoms with Crippen LogP contribution in [0.15, 0.2) is 23.6 Å². The molecule has 0 aliphatic heterocycles. The maximum Gasteiger partial charge on any atom is 0.309 e. The van der Waals surface area contributed by atoms with Crippen LogP contribution in [0.5, 0.6) is 5.75 Å². The van der Waals surface area contributed by atoms with Gasteiger partial charge < -0.3 is 15.2 Å². The standard InChI is InChI=1S/C19H24N2O3S/c1-11-4-7-16(22)14(8-11)15-10-25-19(21-15)20-9-13-6-5-12(2)17(13)18(23)24-3/h4,7-8,10,12-13,17,22H,5-6,9H2,1-3H3,(H,20,21)/t12-,13?,17?/m1/s1. The predicted octanol–water partition coefficient (Wildman–Crippen LogP) is 4.07. The van der Waals surface area contributed by atoms with Gasteiger partial charge in [0, 0.05) is 17.5 Å². The van der Waals surface area contributed by atoms with Gasteiger partial charge in [-0.15, -0.1) is 11.3 Å². The zero-order valence-corrected chi connectivity index (χ0v) is 15.6. The van der Waals surface area contributed by atoms with Crippen molar-refractivity contribution in [2.75, 3.05) is 19.0 Å². The highest BCUT2D eigenvalue weighted by Crippen LogP contribution is 2.38. The molecule has 1 aliphatic rings. The average molecular weight is 360 g/mol. The average Bonchev–Trinajstić information content (AvgIpc) is 3.21. The Morgan fingerprint density at radius 1 is 1.44 bits per heavy atom. The number of aromatic hydroxyl groups is 1. The molecule has 1 fully saturated rings. The van der Waals surface area contributed by atoms with Gasteiger partial charge in [-0.2, -0.15) is 0 Å². The Labute approximate surface area is 152 Å². The first-order valence-electron chi connectivity index (χ1n) is 8.56. The van der Waals surface area contributed by atoms with E-state index in [1.54, 1.807) is 6.07 Å². The van der Waals surface area contributed by atoms with Crippen molar-refractivity contribution < 1.29 is 14.6 Å². The minimum Gasteiger partial charge on any atom is -0.507 e. The fourth-order valence-electron chi connectivity index (χ4n) is 3.64. The largest absolute Gasteiger partial charge is 0.507 e. The summed E-state index contributed by atoms with van der Waals surface area (Å²) < 4.78 is 4.97. The number of hydrogen-bond donors (Lipinski definition) is 2. The summed E-state index contributed by atoms with van der Waals surface area (Å²) in [6.07, 6.45) is 2.07. The van der Waals surface area contributed by atoms with Gasteiger partial charge in [0.05, 0.1) is 18.7 Å². The van der Waals surface area contributed by atoms with Crippen molar-refractivity contribution in [3.05, 3.63) is 29.1 Å². The number of phenols is 1. The minimum atomic E-state index is -0.110. The number of nitrogens with one attached hydrogen (secondary N) is 1. The van der Waals surface area contributed by atoms with Crippen LogP contribution in [0.25, 0.3) is 11.3 Å². The highest BCUT2D eigenvalue weighted by Gasteiger charge is 2.39. The van der Waals surface area contributed by atoms with Crippen molar-refractivity contribution in [2.24, 2.45) is 17.8 Å². The number of thiazole rings is 1. The smallest absolute Gasteiger partial charge is 0.309 e. The van der Waals surface area contributed by atoms with Crippen LogP contribution in [-0.2, 0) is 9.53 Å². The number of ether oxygens (including phenoxy) is 1. The topological polar surface area (TPSA) is 71.5 Å². The molecule has 0 amide bonds. The molecule has 1 heterocycles. The quantitative estimate of drug-likeness (QED) is 0.787. The van der Waals surface area contributed by atoms with Crippen LogP contribution in [0.2, 0.25) is 0 Å². The van der Waals surface area contributed by atoms with Gasteiger partial charge in [0.2, 0.25) is 0 Å². The second-order valence-electron chi connectivity index (χ2n) is 6.80. The second kappa shape index (κ2) is 7.44. The van der Waals surface area contributed by atoms with Crippen molar-refractivity contribution >= 4 is 22.4 Å². The first-order chi connectivity index (χ1) is 12.0. The SMILES string of the molecule is COC(=O)C1C(CNc2nc(-c3cc(C)ccc3O)cs2)CC[C@H]1C. The van der Waals surface area contributed by atoms with Crippen LogP contribution in [0.4, 0.5) is 5.13 Å². The molecular formula is C19H24N2O3S. The van der Waals surface area contributed by atoms with Gasteiger partial charge in [0.1, 0.15) is 5.75 Å². The molecule has 3 rings (SSSR count). The lowest BCUT2D eigenvalue weighted by Crippen LogP contribution is -2.29. The molecule has 1 saturated carbocycles. The van der Waals surface area contributed by atoms with Gasteiger partial charge in [-0.3, -0.25) is 4.79 Å².